The molecule has 6 heteroatoms. The third-order valence-electron chi connectivity index (χ3n) is 3.16. The number of halogens is 1. The van der Waals surface area contributed by atoms with E-state index < -0.39 is 21.9 Å². The highest BCUT2D eigenvalue weighted by Gasteiger charge is 2.17. The minimum Gasteiger partial charge on any atom is -0.389 e. The number of anilines is 1. The minimum absolute atomic E-state index is 0.0181. The zero-order valence-electron chi connectivity index (χ0n) is 11.7. The van der Waals surface area contributed by atoms with Gasteiger partial charge in [0.1, 0.15) is 5.82 Å². The van der Waals surface area contributed by atoms with Crippen molar-refractivity contribution in [2.45, 2.75) is 24.8 Å². The third-order valence-corrected chi connectivity index (χ3v) is 4.53. The smallest absolute Gasteiger partial charge is 0.261 e. The van der Waals surface area contributed by atoms with Crippen molar-refractivity contribution in [1.29, 1.82) is 0 Å². The third kappa shape index (κ3) is 3.40. The van der Waals surface area contributed by atoms with Gasteiger partial charge in [-0.05, 0) is 43.7 Å². The van der Waals surface area contributed by atoms with Crippen LogP contribution >= 0.6 is 0 Å². The molecule has 112 valence electrons. The summed E-state index contributed by atoms with van der Waals surface area (Å²) >= 11 is 0. The first kappa shape index (κ1) is 15.5. The highest BCUT2D eigenvalue weighted by Crippen LogP contribution is 2.23. The molecule has 2 aromatic rings. The molecule has 21 heavy (non-hydrogen) atoms. The molecule has 0 aliphatic rings. The standard InChI is InChI=1S/C15H16FNO3S/c1-10-14(16)7-4-8-15(10)17-21(19,20)13-6-3-5-12(9-13)11(2)18/h3-9,11,17-18H,1-2H3. The molecule has 0 saturated heterocycles. The van der Waals surface area contributed by atoms with Crippen molar-refractivity contribution >= 4 is 15.7 Å². The predicted molar refractivity (Wildman–Crippen MR) is 79.0 cm³/mol. The van der Waals surface area contributed by atoms with Crippen LogP contribution in [0.25, 0.3) is 0 Å². The SMILES string of the molecule is Cc1c(F)cccc1NS(=O)(=O)c1cccc(C(C)O)c1. The van der Waals surface area contributed by atoms with E-state index in [-0.39, 0.29) is 16.1 Å². The molecule has 2 aromatic carbocycles. The monoisotopic (exact) mass is 309 g/mol. The van der Waals surface area contributed by atoms with Crippen LogP contribution in [0, 0.1) is 12.7 Å². The predicted octanol–water partition coefficient (Wildman–Crippen LogP) is 2.99. The molecular weight excluding hydrogens is 293 g/mol. The quantitative estimate of drug-likeness (QED) is 0.912. The Hall–Kier alpha value is -1.92. The molecule has 0 aromatic heterocycles. The van der Waals surface area contributed by atoms with Crippen LogP contribution in [0.1, 0.15) is 24.2 Å². The second kappa shape index (κ2) is 5.83. The average molecular weight is 309 g/mol. The van der Waals surface area contributed by atoms with E-state index in [9.17, 15) is 17.9 Å². The van der Waals surface area contributed by atoms with Crippen molar-refractivity contribution in [3.63, 3.8) is 0 Å². The molecule has 0 aliphatic carbocycles. The molecule has 0 spiro atoms. The summed E-state index contributed by atoms with van der Waals surface area (Å²) < 4.78 is 40.5. The number of sulfonamides is 1. The summed E-state index contributed by atoms with van der Waals surface area (Å²) in [5.74, 6) is -0.479. The van der Waals surface area contributed by atoms with Gasteiger partial charge in [-0.3, -0.25) is 4.72 Å². The van der Waals surface area contributed by atoms with E-state index in [1.165, 1.54) is 37.3 Å². The molecule has 2 rings (SSSR count). The molecule has 2 N–H and O–H groups in total. The molecule has 0 amide bonds. The topological polar surface area (TPSA) is 66.4 Å². The highest BCUT2D eigenvalue weighted by molar-refractivity contribution is 7.92. The largest absolute Gasteiger partial charge is 0.389 e. The molecule has 1 atom stereocenters. The van der Waals surface area contributed by atoms with Gasteiger partial charge in [0.15, 0.2) is 0 Å². The Labute approximate surface area is 123 Å². The lowest BCUT2D eigenvalue weighted by Crippen LogP contribution is -2.14. The van der Waals surface area contributed by atoms with Gasteiger partial charge in [-0.1, -0.05) is 18.2 Å². The van der Waals surface area contributed by atoms with Gasteiger partial charge in [-0.2, -0.15) is 0 Å². The maximum Gasteiger partial charge on any atom is 0.261 e. The van der Waals surface area contributed by atoms with E-state index in [1.807, 2.05) is 0 Å². The maximum atomic E-state index is 13.5. The first-order valence-electron chi connectivity index (χ1n) is 6.37. The molecule has 0 radical (unpaired) electrons. The average Bonchev–Trinajstić information content (AvgIpc) is 2.44. The van der Waals surface area contributed by atoms with E-state index in [4.69, 9.17) is 0 Å². The number of hydrogen-bond donors (Lipinski definition) is 2. The lowest BCUT2D eigenvalue weighted by molar-refractivity contribution is 0.199. The van der Waals surface area contributed by atoms with Crippen LogP contribution < -0.4 is 4.72 Å². The van der Waals surface area contributed by atoms with Crippen molar-refractivity contribution in [2.24, 2.45) is 0 Å². The fourth-order valence-electron chi connectivity index (χ4n) is 1.86. The number of hydrogen-bond acceptors (Lipinski definition) is 3. The zero-order chi connectivity index (χ0) is 15.6. The lowest BCUT2D eigenvalue weighted by Gasteiger charge is -2.12. The van der Waals surface area contributed by atoms with Gasteiger partial charge in [0.2, 0.25) is 0 Å². The van der Waals surface area contributed by atoms with E-state index >= 15 is 0 Å². The number of aliphatic hydroxyl groups is 1. The van der Waals surface area contributed by atoms with Gasteiger partial charge in [0.05, 0.1) is 16.7 Å². The van der Waals surface area contributed by atoms with Gasteiger partial charge in [0.25, 0.3) is 10.0 Å². The van der Waals surface area contributed by atoms with Crippen LogP contribution in [0.5, 0.6) is 0 Å². The van der Waals surface area contributed by atoms with E-state index in [1.54, 1.807) is 19.1 Å². The van der Waals surface area contributed by atoms with Gasteiger partial charge in [0, 0.05) is 5.56 Å². The minimum atomic E-state index is -3.84. The van der Waals surface area contributed by atoms with Crippen LogP contribution in [-0.4, -0.2) is 13.5 Å². The van der Waals surface area contributed by atoms with Crippen LogP contribution in [-0.2, 0) is 10.0 Å². The summed E-state index contributed by atoms with van der Waals surface area (Å²) in [6.45, 7) is 3.05. The number of rotatable bonds is 4. The van der Waals surface area contributed by atoms with Crippen molar-refractivity contribution in [3.8, 4) is 0 Å². The van der Waals surface area contributed by atoms with Gasteiger partial charge >= 0.3 is 0 Å². The summed E-state index contributed by atoms with van der Waals surface area (Å²) in [6.07, 6.45) is -0.768. The number of aliphatic hydroxyl groups excluding tert-OH is 1. The molecule has 0 bridgehead atoms. The van der Waals surface area contributed by atoms with Crippen LogP contribution in [0.2, 0.25) is 0 Å². The Bertz CT molecular complexity index is 757. The maximum absolute atomic E-state index is 13.5. The van der Waals surface area contributed by atoms with Crippen molar-refractivity contribution in [2.75, 3.05) is 4.72 Å². The van der Waals surface area contributed by atoms with Crippen LogP contribution in [0.15, 0.2) is 47.4 Å². The summed E-state index contributed by atoms with van der Waals surface area (Å²) in [6, 6.07) is 10.2. The Morgan fingerprint density at radius 3 is 2.52 bits per heavy atom. The van der Waals surface area contributed by atoms with E-state index in [2.05, 4.69) is 4.72 Å². The molecule has 4 nitrogen and oxygen atoms in total. The first-order valence-corrected chi connectivity index (χ1v) is 7.85. The van der Waals surface area contributed by atoms with Crippen LogP contribution in [0.4, 0.5) is 10.1 Å². The van der Waals surface area contributed by atoms with Crippen molar-refractivity contribution in [3.05, 3.63) is 59.4 Å². The zero-order valence-corrected chi connectivity index (χ0v) is 12.5. The molecule has 1 unspecified atom stereocenters. The first-order chi connectivity index (χ1) is 9.81. The molecular formula is C15H16FNO3S. The Balaban J connectivity index is 2.39. The Morgan fingerprint density at radius 1 is 1.19 bits per heavy atom. The highest BCUT2D eigenvalue weighted by atomic mass is 32.2. The van der Waals surface area contributed by atoms with Crippen LogP contribution in [0.3, 0.4) is 0 Å². The summed E-state index contributed by atoms with van der Waals surface area (Å²) in [7, 11) is -3.84. The van der Waals surface area contributed by atoms with Gasteiger partial charge in [-0.25, -0.2) is 12.8 Å². The fraction of sp³-hybridized carbons (Fsp3) is 0.200. The van der Waals surface area contributed by atoms with Gasteiger partial charge in [-0.15, -0.1) is 0 Å². The summed E-state index contributed by atoms with van der Waals surface area (Å²) in [5.41, 5.74) is 0.916. The molecule has 0 aliphatic heterocycles. The summed E-state index contributed by atoms with van der Waals surface area (Å²) in [4.78, 5) is 0.0181. The number of benzene rings is 2. The Morgan fingerprint density at radius 2 is 1.86 bits per heavy atom. The normalized spacial score (nSPS) is 13.0. The Kier molecular flexibility index (Phi) is 4.29. The summed E-state index contributed by atoms with van der Waals surface area (Å²) in [5, 5.41) is 9.52. The van der Waals surface area contributed by atoms with E-state index in [0.29, 0.717) is 5.56 Å². The van der Waals surface area contributed by atoms with E-state index in [0.717, 1.165) is 0 Å². The molecule has 0 saturated carbocycles. The fourth-order valence-corrected chi connectivity index (χ4v) is 3.04. The number of nitrogens with one attached hydrogen (secondary N) is 1. The molecule has 0 fully saturated rings. The lowest BCUT2D eigenvalue weighted by atomic mass is 10.1. The van der Waals surface area contributed by atoms with Crippen molar-refractivity contribution < 1.29 is 17.9 Å². The van der Waals surface area contributed by atoms with Crippen molar-refractivity contribution in [1.82, 2.24) is 0 Å². The second-order valence-electron chi connectivity index (χ2n) is 4.77. The second-order valence-corrected chi connectivity index (χ2v) is 6.45. The molecule has 0 heterocycles. The van der Waals surface area contributed by atoms with Gasteiger partial charge < -0.3 is 5.11 Å².